The monoisotopic (exact) mass is 157 g/mol. The van der Waals surface area contributed by atoms with Crippen molar-refractivity contribution in [1.82, 2.24) is 0 Å². The average Bonchev–Trinajstić information content (AvgIpc) is 1.64. The number of aliphatic carboxylic acids is 1. The molecule has 9 heavy (non-hydrogen) atoms. The second kappa shape index (κ2) is 4.52. The Labute approximate surface area is 58.4 Å². The first-order chi connectivity index (χ1) is 3.55. The normalized spacial score (nSPS) is 15.4. The molecule has 0 unspecified atom stereocenters. The van der Waals surface area contributed by atoms with E-state index in [4.69, 9.17) is 10.8 Å². The van der Waals surface area contributed by atoms with Gasteiger partial charge in [0.05, 0.1) is 0 Å². The van der Waals surface area contributed by atoms with E-state index in [1.165, 1.54) is 0 Å². The van der Waals surface area contributed by atoms with Crippen LogP contribution in [0.25, 0.3) is 0 Å². The van der Waals surface area contributed by atoms with Crippen LogP contribution < -0.4 is 5.73 Å². The standard InChI is InChI=1S/C4H8FNO2.ClH/c1-2(5)3(6)4(7)8;/h2-3H,6H2,1H3,(H,7,8);1H/t2-,3-;/m1./s1. The molecule has 0 heterocycles. The number of carbonyl (C=O) groups is 1. The van der Waals surface area contributed by atoms with Gasteiger partial charge < -0.3 is 10.8 Å². The van der Waals surface area contributed by atoms with Crippen LogP contribution in [0.5, 0.6) is 0 Å². The van der Waals surface area contributed by atoms with Crippen molar-refractivity contribution >= 4 is 18.4 Å². The number of hydrogen-bond acceptors (Lipinski definition) is 2. The Bertz CT molecular complexity index is 98.6. The van der Waals surface area contributed by atoms with Gasteiger partial charge in [0.1, 0.15) is 12.2 Å². The van der Waals surface area contributed by atoms with E-state index in [-0.39, 0.29) is 12.4 Å². The van der Waals surface area contributed by atoms with Crippen LogP contribution in [0.4, 0.5) is 4.39 Å². The molecule has 0 rings (SSSR count). The summed E-state index contributed by atoms with van der Waals surface area (Å²) in [4.78, 5) is 9.78. The van der Waals surface area contributed by atoms with Gasteiger partial charge in [-0.05, 0) is 6.92 Å². The number of rotatable bonds is 2. The first kappa shape index (κ1) is 11.4. The lowest BCUT2D eigenvalue weighted by Gasteiger charge is -2.04. The van der Waals surface area contributed by atoms with Gasteiger partial charge in [-0.1, -0.05) is 0 Å². The van der Waals surface area contributed by atoms with E-state index in [9.17, 15) is 9.18 Å². The zero-order valence-corrected chi connectivity index (χ0v) is 5.69. The molecule has 3 nitrogen and oxygen atoms in total. The molecule has 0 aromatic heterocycles. The topological polar surface area (TPSA) is 63.3 Å². The molecule has 0 fully saturated rings. The molecule has 2 atom stereocenters. The maximum Gasteiger partial charge on any atom is 0.323 e. The number of halogens is 2. The molecule has 0 amide bonds. The largest absolute Gasteiger partial charge is 0.480 e. The minimum Gasteiger partial charge on any atom is -0.480 e. The summed E-state index contributed by atoms with van der Waals surface area (Å²) in [6.45, 7) is 1.11. The molecule has 5 heteroatoms. The molecule has 0 aromatic carbocycles. The Hall–Kier alpha value is -0.350. The lowest BCUT2D eigenvalue weighted by molar-refractivity contribution is -0.139. The van der Waals surface area contributed by atoms with Crippen LogP contribution in [-0.4, -0.2) is 23.3 Å². The molecular weight excluding hydrogens is 148 g/mol. The van der Waals surface area contributed by atoms with Gasteiger partial charge in [-0.25, -0.2) is 4.39 Å². The Balaban J connectivity index is 0. The van der Waals surface area contributed by atoms with Gasteiger partial charge >= 0.3 is 5.97 Å². The van der Waals surface area contributed by atoms with E-state index in [0.29, 0.717) is 0 Å². The molecule has 0 bridgehead atoms. The van der Waals surface area contributed by atoms with Gasteiger partial charge in [0, 0.05) is 0 Å². The molecule has 56 valence electrons. The minimum atomic E-state index is -1.48. The smallest absolute Gasteiger partial charge is 0.323 e. The van der Waals surface area contributed by atoms with Gasteiger partial charge in [-0.15, -0.1) is 12.4 Å². The number of hydrogen-bond donors (Lipinski definition) is 2. The fourth-order valence-corrected chi connectivity index (χ4v) is 0.196. The Kier molecular flexibility index (Phi) is 5.75. The summed E-state index contributed by atoms with van der Waals surface area (Å²) in [6, 6.07) is -1.38. The molecule has 0 aliphatic rings. The SMILES string of the molecule is C[C@@H](F)[C@@H](N)C(=O)O.Cl. The molecule has 0 saturated carbocycles. The molecule has 0 spiro atoms. The zero-order valence-electron chi connectivity index (χ0n) is 4.87. The third-order valence-corrected chi connectivity index (χ3v) is 0.780. The fraction of sp³-hybridized carbons (Fsp3) is 0.750. The van der Waals surface area contributed by atoms with Crippen molar-refractivity contribution in [1.29, 1.82) is 0 Å². The van der Waals surface area contributed by atoms with Crippen molar-refractivity contribution in [3.8, 4) is 0 Å². The van der Waals surface area contributed by atoms with Crippen molar-refractivity contribution in [2.75, 3.05) is 0 Å². The Morgan fingerprint density at radius 1 is 1.78 bits per heavy atom. The average molecular weight is 158 g/mol. The van der Waals surface area contributed by atoms with Gasteiger partial charge in [0.15, 0.2) is 0 Å². The van der Waals surface area contributed by atoms with Crippen molar-refractivity contribution in [3.05, 3.63) is 0 Å². The van der Waals surface area contributed by atoms with Gasteiger partial charge in [-0.3, -0.25) is 4.79 Å². The lowest BCUT2D eigenvalue weighted by atomic mass is 10.2. The molecule has 0 saturated heterocycles. The molecule has 0 aliphatic heterocycles. The Morgan fingerprint density at radius 2 is 2.11 bits per heavy atom. The second-order valence-corrected chi connectivity index (χ2v) is 1.54. The van der Waals surface area contributed by atoms with Crippen LogP contribution in [0, 0.1) is 0 Å². The van der Waals surface area contributed by atoms with Gasteiger partial charge in [-0.2, -0.15) is 0 Å². The summed E-state index contributed by atoms with van der Waals surface area (Å²) in [6.07, 6.45) is -1.48. The lowest BCUT2D eigenvalue weighted by Crippen LogP contribution is -2.37. The number of carboxylic acid groups (broad SMARTS) is 1. The van der Waals surface area contributed by atoms with E-state index < -0.39 is 18.2 Å². The third kappa shape index (κ3) is 4.17. The predicted molar refractivity (Wildman–Crippen MR) is 33.4 cm³/mol. The summed E-state index contributed by atoms with van der Waals surface area (Å²) in [5, 5.41) is 7.99. The Morgan fingerprint density at radius 3 is 2.11 bits per heavy atom. The molecule has 3 N–H and O–H groups in total. The fourth-order valence-electron chi connectivity index (χ4n) is 0.196. The van der Waals surface area contributed by atoms with Crippen LogP contribution in [0.1, 0.15) is 6.92 Å². The van der Waals surface area contributed by atoms with E-state index in [1.54, 1.807) is 0 Å². The maximum atomic E-state index is 11.8. The highest BCUT2D eigenvalue weighted by atomic mass is 35.5. The predicted octanol–water partition coefficient (Wildman–Crippen LogP) is 0.178. The summed E-state index contributed by atoms with van der Waals surface area (Å²) in [5.41, 5.74) is 4.78. The van der Waals surface area contributed by atoms with Crippen LogP contribution in [-0.2, 0) is 4.79 Å². The van der Waals surface area contributed by atoms with Crippen LogP contribution in [0.15, 0.2) is 0 Å². The number of nitrogens with two attached hydrogens (primary N) is 1. The van der Waals surface area contributed by atoms with Crippen LogP contribution >= 0.6 is 12.4 Å². The zero-order chi connectivity index (χ0) is 6.73. The minimum absolute atomic E-state index is 0. The quantitative estimate of drug-likeness (QED) is 0.601. The van der Waals surface area contributed by atoms with Gasteiger partial charge in [0.25, 0.3) is 0 Å². The number of alkyl halides is 1. The highest BCUT2D eigenvalue weighted by molar-refractivity contribution is 5.85. The van der Waals surface area contributed by atoms with Gasteiger partial charge in [0.2, 0.25) is 0 Å². The summed E-state index contributed by atoms with van der Waals surface area (Å²) >= 11 is 0. The first-order valence-electron chi connectivity index (χ1n) is 2.18. The first-order valence-corrected chi connectivity index (χ1v) is 2.18. The van der Waals surface area contributed by atoms with E-state index in [1.807, 2.05) is 0 Å². The third-order valence-electron chi connectivity index (χ3n) is 0.780. The van der Waals surface area contributed by atoms with Crippen molar-refractivity contribution < 1.29 is 14.3 Å². The highest BCUT2D eigenvalue weighted by Crippen LogP contribution is 1.92. The molecule has 0 aliphatic carbocycles. The van der Waals surface area contributed by atoms with Crippen LogP contribution in [0.3, 0.4) is 0 Å². The molecular formula is C4H9ClFNO2. The molecule has 0 radical (unpaired) electrons. The highest BCUT2D eigenvalue weighted by Gasteiger charge is 2.18. The summed E-state index contributed by atoms with van der Waals surface area (Å²) in [7, 11) is 0. The van der Waals surface area contributed by atoms with Crippen molar-refractivity contribution in [2.45, 2.75) is 19.1 Å². The van der Waals surface area contributed by atoms with E-state index >= 15 is 0 Å². The van der Waals surface area contributed by atoms with Crippen molar-refractivity contribution in [3.63, 3.8) is 0 Å². The number of carboxylic acids is 1. The summed E-state index contributed by atoms with van der Waals surface area (Å²) < 4.78 is 11.8. The van der Waals surface area contributed by atoms with E-state index in [2.05, 4.69) is 0 Å². The maximum absolute atomic E-state index is 11.8. The summed E-state index contributed by atoms with van der Waals surface area (Å²) in [5.74, 6) is -1.31. The second-order valence-electron chi connectivity index (χ2n) is 1.54. The van der Waals surface area contributed by atoms with Crippen LogP contribution in [0.2, 0.25) is 0 Å². The van der Waals surface area contributed by atoms with E-state index in [0.717, 1.165) is 6.92 Å². The molecule has 0 aromatic rings. The van der Waals surface area contributed by atoms with Crippen molar-refractivity contribution in [2.24, 2.45) is 5.73 Å².